The predicted molar refractivity (Wildman–Crippen MR) is 65.7 cm³/mol. The first-order chi connectivity index (χ1) is 8.31. The summed E-state index contributed by atoms with van der Waals surface area (Å²) in [7, 11) is -3.66. The van der Waals surface area contributed by atoms with Crippen LogP contribution in [-0.2, 0) is 10.0 Å². The number of aliphatic hydroxyl groups is 1. The van der Waals surface area contributed by atoms with Crippen molar-refractivity contribution in [2.75, 3.05) is 13.1 Å². The van der Waals surface area contributed by atoms with Gasteiger partial charge in [0.05, 0.1) is 18.0 Å². The van der Waals surface area contributed by atoms with E-state index in [1.807, 2.05) is 0 Å². The van der Waals surface area contributed by atoms with Crippen LogP contribution in [0.15, 0.2) is 17.3 Å². The standard InChI is InChI=1S/C10H14ClN3O3S/c1-10(15)3-2-4-14(7-10)18(16,17)8-5-12-9(11)13-6-8/h5-6,15H,2-4,7H2,1H3. The number of rotatable bonds is 2. The van der Waals surface area contributed by atoms with Gasteiger partial charge in [0.1, 0.15) is 4.90 Å². The lowest BCUT2D eigenvalue weighted by atomic mass is 9.97. The van der Waals surface area contributed by atoms with Crippen LogP contribution in [0.2, 0.25) is 5.28 Å². The highest BCUT2D eigenvalue weighted by Crippen LogP contribution is 2.25. The van der Waals surface area contributed by atoms with Crippen molar-refractivity contribution < 1.29 is 13.5 Å². The molecule has 0 spiro atoms. The Hall–Kier alpha value is -0.760. The van der Waals surface area contributed by atoms with Gasteiger partial charge in [-0.15, -0.1) is 0 Å². The molecule has 0 bridgehead atoms. The summed E-state index contributed by atoms with van der Waals surface area (Å²) >= 11 is 5.52. The lowest BCUT2D eigenvalue weighted by Crippen LogP contribution is -2.48. The first kappa shape index (κ1) is 13.7. The predicted octanol–water partition coefficient (Wildman–Crippen LogP) is 0.666. The number of piperidine rings is 1. The molecule has 0 radical (unpaired) electrons. The average molecular weight is 292 g/mol. The molecular weight excluding hydrogens is 278 g/mol. The van der Waals surface area contributed by atoms with Gasteiger partial charge in [-0.3, -0.25) is 0 Å². The second-order valence-corrected chi connectivity index (χ2v) is 6.90. The van der Waals surface area contributed by atoms with E-state index in [1.54, 1.807) is 6.92 Å². The second-order valence-electron chi connectivity index (χ2n) is 4.63. The molecule has 8 heteroatoms. The first-order valence-corrected chi connectivity index (χ1v) is 7.33. The summed E-state index contributed by atoms with van der Waals surface area (Å²) < 4.78 is 25.8. The normalized spacial score (nSPS) is 26.2. The topological polar surface area (TPSA) is 83.4 Å². The Morgan fingerprint density at radius 3 is 2.61 bits per heavy atom. The zero-order valence-electron chi connectivity index (χ0n) is 9.87. The number of β-amino-alcohol motifs (C(OH)–C–C–N with tert-alkyl or cyclic N) is 1. The molecule has 100 valence electrons. The number of hydrogen-bond acceptors (Lipinski definition) is 5. The van der Waals surface area contributed by atoms with E-state index in [0.29, 0.717) is 19.4 Å². The molecule has 2 heterocycles. The maximum Gasteiger partial charge on any atom is 0.246 e. The van der Waals surface area contributed by atoms with Gasteiger partial charge in [-0.05, 0) is 31.4 Å². The first-order valence-electron chi connectivity index (χ1n) is 5.51. The fraction of sp³-hybridized carbons (Fsp3) is 0.600. The fourth-order valence-electron chi connectivity index (χ4n) is 1.96. The van der Waals surface area contributed by atoms with Crippen molar-refractivity contribution in [3.63, 3.8) is 0 Å². The van der Waals surface area contributed by atoms with Crippen LogP contribution >= 0.6 is 11.6 Å². The minimum atomic E-state index is -3.66. The third-order valence-corrected chi connectivity index (χ3v) is 4.87. The molecule has 1 N–H and O–H groups in total. The van der Waals surface area contributed by atoms with E-state index in [0.717, 1.165) is 0 Å². The molecule has 0 saturated carbocycles. The lowest BCUT2D eigenvalue weighted by molar-refractivity contribution is 0.00939. The van der Waals surface area contributed by atoms with Crippen LogP contribution in [0.5, 0.6) is 0 Å². The van der Waals surface area contributed by atoms with Crippen LogP contribution in [0, 0.1) is 0 Å². The number of nitrogens with zero attached hydrogens (tertiary/aromatic N) is 3. The minimum Gasteiger partial charge on any atom is -0.389 e. The second kappa shape index (κ2) is 4.73. The minimum absolute atomic E-state index is 0.000379. The van der Waals surface area contributed by atoms with Crippen LogP contribution in [0.25, 0.3) is 0 Å². The van der Waals surface area contributed by atoms with Crippen LogP contribution < -0.4 is 0 Å². The van der Waals surface area contributed by atoms with Gasteiger partial charge in [-0.2, -0.15) is 4.31 Å². The monoisotopic (exact) mass is 291 g/mol. The van der Waals surface area contributed by atoms with Crippen LogP contribution in [0.3, 0.4) is 0 Å². The summed E-state index contributed by atoms with van der Waals surface area (Å²) in [6.07, 6.45) is 3.57. The average Bonchev–Trinajstić information content (AvgIpc) is 2.28. The van der Waals surface area contributed by atoms with Crippen molar-refractivity contribution in [1.82, 2.24) is 14.3 Å². The van der Waals surface area contributed by atoms with Gasteiger partial charge >= 0.3 is 0 Å². The van der Waals surface area contributed by atoms with Crippen LogP contribution in [0.4, 0.5) is 0 Å². The Balaban J connectivity index is 2.28. The smallest absolute Gasteiger partial charge is 0.246 e. The molecule has 1 fully saturated rings. The largest absolute Gasteiger partial charge is 0.389 e. The fourth-order valence-corrected chi connectivity index (χ4v) is 3.55. The van der Waals surface area contributed by atoms with E-state index in [1.165, 1.54) is 16.7 Å². The van der Waals surface area contributed by atoms with Crippen LogP contribution in [0.1, 0.15) is 19.8 Å². The maximum absolute atomic E-state index is 12.3. The zero-order valence-corrected chi connectivity index (χ0v) is 11.4. The summed E-state index contributed by atoms with van der Waals surface area (Å²) in [5, 5.41) is 9.94. The van der Waals surface area contributed by atoms with Crippen molar-refractivity contribution in [3.05, 3.63) is 17.7 Å². The summed E-state index contributed by atoms with van der Waals surface area (Å²) in [5.74, 6) is 0. The third kappa shape index (κ3) is 2.80. The van der Waals surface area contributed by atoms with E-state index in [9.17, 15) is 13.5 Å². The Bertz CT molecular complexity index is 530. The van der Waals surface area contributed by atoms with Crippen molar-refractivity contribution in [2.24, 2.45) is 0 Å². The van der Waals surface area contributed by atoms with Gasteiger partial charge < -0.3 is 5.11 Å². The molecule has 1 saturated heterocycles. The van der Waals surface area contributed by atoms with Gasteiger partial charge in [0, 0.05) is 13.1 Å². The molecule has 6 nitrogen and oxygen atoms in total. The number of sulfonamides is 1. The van der Waals surface area contributed by atoms with Crippen molar-refractivity contribution in [2.45, 2.75) is 30.3 Å². The van der Waals surface area contributed by atoms with Gasteiger partial charge in [-0.1, -0.05) is 0 Å². The highest BCUT2D eigenvalue weighted by molar-refractivity contribution is 7.89. The summed E-state index contributed by atoms with van der Waals surface area (Å²) in [4.78, 5) is 7.32. The van der Waals surface area contributed by atoms with Gasteiger partial charge in [0.2, 0.25) is 15.3 Å². The number of halogens is 1. The Labute approximate surface area is 111 Å². The SMILES string of the molecule is CC1(O)CCCN(S(=O)(=O)c2cnc(Cl)nc2)C1. The molecule has 1 aromatic heterocycles. The van der Waals surface area contributed by atoms with E-state index in [2.05, 4.69) is 9.97 Å². The molecule has 0 aliphatic carbocycles. The lowest BCUT2D eigenvalue weighted by Gasteiger charge is -2.35. The molecule has 1 unspecified atom stereocenters. The maximum atomic E-state index is 12.3. The molecule has 0 amide bonds. The number of hydrogen-bond donors (Lipinski definition) is 1. The van der Waals surface area contributed by atoms with E-state index in [-0.39, 0.29) is 16.7 Å². The molecule has 1 atom stereocenters. The van der Waals surface area contributed by atoms with E-state index < -0.39 is 15.6 Å². The summed E-state index contributed by atoms with van der Waals surface area (Å²) in [6.45, 7) is 2.10. The van der Waals surface area contributed by atoms with Crippen molar-refractivity contribution >= 4 is 21.6 Å². The molecular formula is C10H14ClN3O3S. The Morgan fingerprint density at radius 1 is 1.44 bits per heavy atom. The molecule has 1 aliphatic rings. The van der Waals surface area contributed by atoms with Crippen LogP contribution in [-0.4, -0.2) is 46.5 Å². The summed E-state index contributed by atoms with van der Waals surface area (Å²) in [6, 6.07) is 0. The molecule has 18 heavy (non-hydrogen) atoms. The van der Waals surface area contributed by atoms with Crippen molar-refractivity contribution in [3.8, 4) is 0 Å². The molecule has 1 aromatic rings. The zero-order chi connectivity index (χ0) is 13.4. The molecule has 0 aromatic carbocycles. The Morgan fingerprint density at radius 2 is 2.06 bits per heavy atom. The van der Waals surface area contributed by atoms with Gasteiger partial charge in [0.25, 0.3) is 0 Å². The third-order valence-electron chi connectivity index (χ3n) is 2.87. The van der Waals surface area contributed by atoms with Crippen molar-refractivity contribution in [1.29, 1.82) is 0 Å². The number of aromatic nitrogens is 2. The quantitative estimate of drug-likeness (QED) is 0.810. The highest BCUT2D eigenvalue weighted by atomic mass is 35.5. The van der Waals surface area contributed by atoms with E-state index in [4.69, 9.17) is 11.6 Å². The molecule has 2 rings (SSSR count). The van der Waals surface area contributed by atoms with E-state index >= 15 is 0 Å². The summed E-state index contributed by atoms with van der Waals surface area (Å²) in [5.41, 5.74) is -0.987. The van der Waals surface area contributed by atoms with Gasteiger partial charge in [-0.25, -0.2) is 18.4 Å². The van der Waals surface area contributed by atoms with Gasteiger partial charge in [0.15, 0.2) is 0 Å². The highest BCUT2D eigenvalue weighted by Gasteiger charge is 2.35. The molecule has 1 aliphatic heterocycles. The Kier molecular flexibility index (Phi) is 3.59.